The van der Waals surface area contributed by atoms with E-state index in [2.05, 4.69) is 18.0 Å². The summed E-state index contributed by atoms with van der Waals surface area (Å²) in [6, 6.07) is 2.16. The second-order valence-corrected chi connectivity index (χ2v) is 5.98. The molecule has 2 rings (SSSR count). The molecule has 0 spiro atoms. The van der Waals surface area contributed by atoms with Crippen LogP contribution in [0.4, 0.5) is 0 Å². The Balaban J connectivity index is 1.94. The molecule has 3 heteroatoms. The van der Waals surface area contributed by atoms with Crippen LogP contribution in [0.25, 0.3) is 0 Å². The highest BCUT2D eigenvalue weighted by Crippen LogP contribution is 2.37. The first-order valence-electron chi connectivity index (χ1n) is 8.07. The van der Waals surface area contributed by atoms with Crippen LogP contribution in [-0.4, -0.2) is 11.6 Å². The smallest absolute Gasteiger partial charge is 0.137 e. The van der Waals surface area contributed by atoms with Gasteiger partial charge in [-0.1, -0.05) is 32.6 Å². The largest absolute Gasteiger partial charge is 0.492 e. The normalized spacial score (nSPS) is 24.4. The summed E-state index contributed by atoms with van der Waals surface area (Å²) in [4.78, 5) is 4.26. The third kappa shape index (κ3) is 3.95. The average Bonchev–Trinajstić information content (AvgIpc) is 2.48. The molecule has 0 aliphatic heterocycles. The fraction of sp³-hybridized carbons (Fsp3) is 0.706. The van der Waals surface area contributed by atoms with Crippen LogP contribution in [0.3, 0.4) is 0 Å². The predicted octanol–water partition coefficient (Wildman–Crippen LogP) is 4.09. The van der Waals surface area contributed by atoms with Crippen LogP contribution < -0.4 is 10.5 Å². The van der Waals surface area contributed by atoms with Crippen molar-refractivity contribution in [3.8, 4) is 5.75 Å². The number of rotatable bonds is 6. The summed E-state index contributed by atoms with van der Waals surface area (Å²) in [6.45, 7) is 4.94. The van der Waals surface area contributed by atoms with Gasteiger partial charge in [0.25, 0.3) is 0 Å². The van der Waals surface area contributed by atoms with Crippen molar-refractivity contribution in [1.82, 2.24) is 4.98 Å². The molecule has 20 heavy (non-hydrogen) atoms. The predicted molar refractivity (Wildman–Crippen MR) is 82.7 cm³/mol. The van der Waals surface area contributed by atoms with Crippen LogP contribution >= 0.6 is 0 Å². The van der Waals surface area contributed by atoms with E-state index in [1.165, 1.54) is 38.5 Å². The van der Waals surface area contributed by atoms with Gasteiger partial charge < -0.3 is 10.5 Å². The summed E-state index contributed by atoms with van der Waals surface area (Å²) in [6.07, 6.45) is 11.5. The molecule has 2 N–H and O–H groups in total. The topological polar surface area (TPSA) is 48.1 Å². The average molecular weight is 276 g/mol. The molecule has 0 amide bonds. The van der Waals surface area contributed by atoms with Gasteiger partial charge >= 0.3 is 0 Å². The summed E-state index contributed by atoms with van der Waals surface area (Å²) < 4.78 is 5.51. The van der Waals surface area contributed by atoms with E-state index >= 15 is 0 Å². The van der Waals surface area contributed by atoms with Crippen molar-refractivity contribution in [1.29, 1.82) is 0 Å². The van der Waals surface area contributed by atoms with Gasteiger partial charge in [-0.15, -0.1) is 0 Å². The van der Waals surface area contributed by atoms with Crippen LogP contribution in [-0.2, 0) is 0 Å². The number of hydrogen-bond donors (Lipinski definition) is 1. The molecule has 1 fully saturated rings. The van der Waals surface area contributed by atoms with Gasteiger partial charge in [-0.05, 0) is 43.2 Å². The second-order valence-electron chi connectivity index (χ2n) is 5.98. The van der Waals surface area contributed by atoms with E-state index in [9.17, 15) is 0 Å². The molecule has 1 aromatic heterocycles. The Morgan fingerprint density at radius 1 is 1.25 bits per heavy atom. The summed E-state index contributed by atoms with van der Waals surface area (Å²) >= 11 is 0. The molecule has 1 heterocycles. The lowest BCUT2D eigenvalue weighted by molar-refractivity contribution is 0.234. The zero-order chi connectivity index (χ0) is 14.4. The molecule has 0 bridgehead atoms. The van der Waals surface area contributed by atoms with Gasteiger partial charge in [0.15, 0.2) is 0 Å². The van der Waals surface area contributed by atoms with Gasteiger partial charge in [0.05, 0.1) is 12.8 Å². The fourth-order valence-corrected chi connectivity index (χ4v) is 3.38. The third-order valence-corrected chi connectivity index (χ3v) is 4.53. The molecular formula is C17H28N2O. The van der Waals surface area contributed by atoms with Gasteiger partial charge in [-0.25, -0.2) is 0 Å². The van der Waals surface area contributed by atoms with Crippen molar-refractivity contribution in [2.24, 2.45) is 17.6 Å². The van der Waals surface area contributed by atoms with E-state index in [1.54, 1.807) is 6.20 Å². The monoisotopic (exact) mass is 276 g/mol. The Morgan fingerprint density at radius 3 is 2.65 bits per heavy atom. The quantitative estimate of drug-likeness (QED) is 0.851. The number of ether oxygens (including phenoxy) is 1. The second kappa shape index (κ2) is 7.63. The summed E-state index contributed by atoms with van der Waals surface area (Å²) in [5.74, 6) is 2.36. The zero-order valence-electron chi connectivity index (χ0n) is 12.8. The summed E-state index contributed by atoms with van der Waals surface area (Å²) in [7, 11) is 0. The molecule has 1 aliphatic carbocycles. The maximum Gasteiger partial charge on any atom is 0.137 e. The Morgan fingerprint density at radius 2 is 2.00 bits per heavy atom. The first-order valence-corrected chi connectivity index (χ1v) is 8.07. The Labute approximate surface area is 122 Å². The maximum absolute atomic E-state index is 6.46. The Bertz CT molecular complexity index is 400. The van der Waals surface area contributed by atoms with Gasteiger partial charge in [0.1, 0.15) is 5.75 Å². The molecule has 1 saturated carbocycles. The minimum absolute atomic E-state index is 0.102. The van der Waals surface area contributed by atoms with Crippen molar-refractivity contribution in [3.63, 3.8) is 0 Å². The van der Waals surface area contributed by atoms with E-state index in [0.717, 1.165) is 17.2 Å². The number of hydrogen-bond acceptors (Lipinski definition) is 3. The standard InChI is InChI=1S/C17H28N2O/c1-3-5-13-6-8-14(9-7-13)17(18)15-10-16(20-4-2)12-19-11-15/h10-14,17H,3-9,18H2,1-2H3. The molecule has 1 unspecified atom stereocenters. The SMILES string of the molecule is CCCC1CCC(C(N)c2cncc(OCC)c2)CC1. The van der Waals surface area contributed by atoms with E-state index < -0.39 is 0 Å². The highest BCUT2D eigenvalue weighted by molar-refractivity contribution is 5.26. The molecule has 1 aliphatic rings. The minimum Gasteiger partial charge on any atom is -0.492 e. The van der Waals surface area contributed by atoms with Crippen molar-refractivity contribution >= 4 is 0 Å². The first-order chi connectivity index (χ1) is 9.74. The van der Waals surface area contributed by atoms with Crippen molar-refractivity contribution in [3.05, 3.63) is 24.0 Å². The molecule has 1 aromatic rings. The molecular weight excluding hydrogens is 248 g/mol. The molecule has 0 aromatic carbocycles. The highest BCUT2D eigenvalue weighted by atomic mass is 16.5. The fourth-order valence-electron chi connectivity index (χ4n) is 3.38. The van der Waals surface area contributed by atoms with Crippen molar-refractivity contribution in [2.45, 2.75) is 58.4 Å². The number of aromatic nitrogens is 1. The lowest BCUT2D eigenvalue weighted by Gasteiger charge is -2.32. The maximum atomic E-state index is 6.46. The zero-order valence-corrected chi connectivity index (χ0v) is 12.8. The Kier molecular flexibility index (Phi) is 5.84. The Hall–Kier alpha value is -1.09. The van der Waals surface area contributed by atoms with E-state index in [0.29, 0.717) is 12.5 Å². The highest BCUT2D eigenvalue weighted by Gasteiger charge is 2.26. The molecule has 0 saturated heterocycles. The van der Waals surface area contributed by atoms with Crippen LogP contribution in [0.1, 0.15) is 64.0 Å². The van der Waals surface area contributed by atoms with Gasteiger partial charge in [0, 0.05) is 12.2 Å². The first kappa shape index (κ1) is 15.3. The van der Waals surface area contributed by atoms with Crippen LogP contribution in [0, 0.1) is 11.8 Å². The van der Waals surface area contributed by atoms with E-state index in [1.807, 2.05) is 13.1 Å². The molecule has 0 radical (unpaired) electrons. The third-order valence-electron chi connectivity index (χ3n) is 4.53. The van der Waals surface area contributed by atoms with Crippen molar-refractivity contribution < 1.29 is 4.74 Å². The van der Waals surface area contributed by atoms with Gasteiger partial charge in [0.2, 0.25) is 0 Å². The van der Waals surface area contributed by atoms with E-state index in [4.69, 9.17) is 10.5 Å². The summed E-state index contributed by atoms with van der Waals surface area (Å²) in [5.41, 5.74) is 7.58. The molecule has 112 valence electrons. The minimum atomic E-state index is 0.102. The van der Waals surface area contributed by atoms with E-state index in [-0.39, 0.29) is 6.04 Å². The van der Waals surface area contributed by atoms with Gasteiger partial charge in [-0.2, -0.15) is 0 Å². The van der Waals surface area contributed by atoms with Crippen molar-refractivity contribution in [2.75, 3.05) is 6.61 Å². The van der Waals surface area contributed by atoms with Crippen LogP contribution in [0.5, 0.6) is 5.75 Å². The lowest BCUT2D eigenvalue weighted by atomic mass is 9.76. The summed E-state index contributed by atoms with van der Waals surface area (Å²) in [5, 5.41) is 0. The number of nitrogens with zero attached hydrogens (tertiary/aromatic N) is 1. The van der Waals surface area contributed by atoms with Crippen LogP contribution in [0.15, 0.2) is 18.5 Å². The van der Waals surface area contributed by atoms with Crippen LogP contribution in [0.2, 0.25) is 0 Å². The molecule has 3 nitrogen and oxygen atoms in total. The lowest BCUT2D eigenvalue weighted by Crippen LogP contribution is -2.26. The van der Waals surface area contributed by atoms with Gasteiger partial charge in [-0.3, -0.25) is 4.98 Å². The number of pyridine rings is 1. The number of nitrogens with two attached hydrogens (primary N) is 1. The molecule has 1 atom stereocenters.